The number of likely N-dealkylation sites (tertiary alicyclic amines) is 1. The quantitative estimate of drug-likeness (QED) is 0.290. The van der Waals surface area contributed by atoms with Crippen LogP contribution < -0.4 is 15.5 Å². The molecule has 3 aromatic heterocycles. The number of anilines is 3. The average Bonchev–Trinajstić information content (AvgIpc) is 3.69. The van der Waals surface area contributed by atoms with Crippen molar-refractivity contribution in [3.05, 3.63) is 28.0 Å². The van der Waals surface area contributed by atoms with Gasteiger partial charge in [-0.1, -0.05) is 5.16 Å². The highest BCUT2D eigenvalue weighted by Crippen LogP contribution is 2.49. The summed E-state index contributed by atoms with van der Waals surface area (Å²) in [6.45, 7) is 17.6. The number of carbonyl (C=O) groups excluding carboxylic acids is 1. The molecule has 0 unspecified atom stereocenters. The van der Waals surface area contributed by atoms with E-state index in [2.05, 4.69) is 39.8 Å². The molecule has 6 heterocycles. The molecule has 0 bridgehead atoms. The molecule has 286 valence electrons. The van der Waals surface area contributed by atoms with Crippen LogP contribution in [0.3, 0.4) is 0 Å². The number of nitrogens with two attached hydrogens (primary N) is 1. The van der Waals surface area contributed by atoms with Gasteiger partial charge in [-0.3, -0.25) is 0 Å². The van der Waals surface area contributed by atoms with Crippen LogP contribution in [0.1, 0.15) is 95.0 Å². The van der Waals surface area contributed by atoms with Crippen molar-refractivity contribution < 1.29 is 18.8 Å². The highest BCUT2D eigenvalue weighted by Gasteiger charge is 2.47. The number of carbonyl (C=O) groups is 1. The first-order valence-electron chi connectivity index (χ1n) is 19.1. The maximum atomic E-state index is 12.8. The summed E-state index contributed by atoms with van der Waals surface area (Å²) < 4.78 is 17.0. The Hall–Kier alpha value is -4.00. The van der Waals surface area contributed by atoms with Crippen LogP contribution in [0.4, 0.5) is 21.6 Å². The minimum Gasteiger partial charge on any atom is -0.444 e. The summed E-state index contributed by atoms with van der Waals surface area (Å²) in [5.74, 6) is 2.39. The summed E-state index contributed by atoms with van der Waals surface area (Å²) in [4.78, 5) is 38.2. The highest BCUT2D eigenvalue weighted by atomic mass is 32.1. The number of piperidine rings is 1. The molecule has 1 amide bonds. The van der Waals surface area contributed by atoms with E-state index in [4.69, 9.17) is 34.7 Å². The van der Waals surface area contributed by atoms with Crippen LogP contribution in [0.2, 0.25) is 0 Å². The standard InChI is InChI=1S/C38H54N10O4S/c1-25-22-45(15-9-19-50-6)14-8-16-48(25)34-41-27(32-43-33(52-44-32)37(5)11-7-10-28-30(37)26(21-39)31(40)53-28)20-29(42-34)47-23-38(24-47)12-17-46(18-13-38)35(49)51-36(2,3)4/h20,25H,7-19,22-24,40H2,1-6H3/t25-,37-/m0/s1. The molecule has 0 saturated carbocycles. The summed E-state index contributed by atoms with van der Waals surface area (Å²) in [5.41, 5.74) is 7.34. The van der Waals surface area contributed by atoms with Gasteiger partial charge in [0.25, 0.3) is 0 Å². The van der Waals surface area contributed by atoms with E-state index in [1.807, 2.05) is 31.7 Å². The van der Waals surface area contributed by atoms with Gasteiger partial charge in [0.15, 0.2) is 0 Å². The smallest absolute Gasteiger partial charge is 0.410 e. The Labute approximate surface area is 316 Å². The molecule has 7 rings (SSSR count). The van der Waals surface area contributed by atoms with Crippen LogP contribution in [0.5, 0.6) is 0 Å². The number of methoxy groups -OCH3 is 1. The van der Waals surface area contributed by atoms with Crippen molar-refractivity contribution in [3.8, 4) is 17.6 Å². The zero-order valence-corrected chi connectivity index (χ0v) is 32.9. The Kier molecular flexibility index (Phi) is 10.3. The van der Waals surface area contributed by atoms with E-state index in [0.717, 1.165) is 107 Å². The molecule has 0 aromatic carbocycles. The Morgan fingerprint density at radius 1 is 1.13 bits per heavy atom. The van der Waals surface area contributed by atoms with Crippen molar-refractivity contribution >= 4 is 34.2 Å². The molecule has 2 atom stereocenters. The first-order chi connectivity index (χ1) is 25.3. The second-order valence-electron chi connectivity index (χ2n) is 16.6. The number of hydrogen-bond donors (Lipinski definition) is 1. The van der Waals surface area contributed by atoms with Crippen LogP contribution >= 0.6 is 11.3 Å². The molecule has 3 aromatic rings. The molecule has 4 aliphatic rings. The number of thiophene rings is 1. The third-order valence-corrected chi connectivity index (χ3v) is 12.5. The molecule has 3 fully saturated rings. The average molecular weight is 747 g/mol. The predicted octanol–water partition coefficient (Wildman–Crippen LogP) is 5.46. The zero-order chi connectivity index (χ0) is 37.5. The maximum absolute atomic E-state index is 12.8. The Morgan fingerprint density at radius 3 is 2.62 bits per heavy atom. The van der Waals surface area contributed by atoms with Gasteiger partial charge in [0.2, 0.25) is 17.7 Å². The summed E-state index contributed by atoms with van der Waals surface area (Å²) >= 11 is 1.49. The first-order valence-corrected chi connectivity index (χ1v) is 19.9. The second kappa shape index (κ2) is 14.7. The molecule has 0 radical (unpaired) electrons. The number of ether oxygens (including phenoxy) is 2. The Bertz CT molecular complexity index is 1830. The van der Waals surface area contributed by atoms with Gasteiger partial charge in [0.1, 0.15) is 28.2 Å². The molecule has 1 spiro atoms. The normalized spacial score (nSPS) is 23.3. The van der Waals surface area contributed by atoms with Crippen molar-refractivity contribution in [2.75, 3.05) is 81.6 Å². The number of fused-ring (bicyclic) bond motifs is 1. The molecule has 15 heteroatoms. The third-order valence-electron chi connectivity index (χ3n) is 11.4. The molecular weight excluding hydrogens is 693 g/mol. The van der Waals surface area contributed by atoms with Crippen molar-refractivity contribution in [1.82, 2.24) is 29.9 Å². The van der Waals surface area contributed by atoms with Crippen LogP contribution in [0, 0.1) is 16.7 Å². The fourth-order valence-electron chi connectivity index (χ4n) is 8.60. The Balaban J connectivity index is 1.16. The van der Waals surface area contributed by atoms with Crippen molar-refractivity contribution in [2.24, 2.45) is 5.41 Å². The van der Waals surface area contributed by atoms with Crippen LogP contribution in [-0.4, -0.2) is 114 Å². The molecule has 3 saturated heterocycles. The summed E-state index contributed by atoms with van der Waals surface area (Å²) in [6, 6.07) is 4.52. The van der Waals surface area contributed by atoms with E-state index in [0.29, 0.717) is 47.0 Å². The van der Waals surface area contributed by atoms with Gasteiger partial charge in [-0.25, -0.2) is 9.78 Å². The largest absolute Gasteiger partial charge is 0.444 e. The maximum Gasteiger partial charge on any atom is 0.410 e. The summed E-state index contributed by atoms with van der Waals surface area (Å²) in [5, 5.41) is 15.1. The van der Waals surface area contributed by atoms with Gasteiger partial charge >= 0.3 is 6.09 Å². The number of hydrogen-bond acceptors (Lipinski definition) is 14. The number of nitrogens with zero attached hydrogens (tertiary/aromatic N) is 9. The van der Waals surface area contributed by atoms with Crippen LogP contribution in [0.25, 0.3) is 11.5 Å². The molecule has 53 heavy (non-hydrogen) atoms. The highest BCUT2D eigenvalue weighted by molar-refractivity contribution is 7.16. The topological polar surface area (TPSA) is 163 Å². The SMILES string of the molecule is COCCCN1CCCN(c2nc(-c3noc([C@@]4(C)CCCc5sc(N)c(C#N)c54)n3)cc(N3CC4(CCN(C(=O)OC(C)(C)C)CC4)C3)n2)[C@@H](C)C1. The van der Waals surface area contributed by atoms with E-state index in [1.165, 1.54) is 11.3 Å². The number of aryl methyl sites for hydroxylation is 1. The lowest BCUT2D eigenvalue weighted by Crippen LogP contribution is -2.61. The van der Waals surface area contributed by atoms with E-state index in [9.17, 15) is 10.1 Å². The fraction of sp³-hybridized carbons (Fsp3) is 0.684. The number of aromatic nitrogens is 4. The molecule has 3 aliphatic heterocycles. The second-order valence-corrected chi connectivity index (χ2v) is 17.8. The van der Waals surface area contributed by atoms with Gasteiger partial charge in [0.05, 0.1) is 11.0 Å². The fourth-order valence-corrected chi connectivity index (χ4v) is 9.79. The van der Waals surface area contributed by atoms with Crippen LogP contribution in [0.15, 0.2) is 10.6 Å². The van der Waals surface area contributed by atoms with E-state index in [-0.39, 0.29) is 17.6 Å². The minimum absolute atomic E-state index is 0.121. The number of amides is 1. The lowest BCUT2D eigenvalue weighted by atomic mass is 9.72. The monoisotopic (exact) mass is 746 g/mol. The van der Waals surface area contributed by atoms with Gasteiger partial charge in [-0.15, -0.1) is 11.3 Å². The van der Waals surface area contributed by atoms with Crippen molar-refractivity contribution in [2.45, 2.75) is 96.6 Å². The zero-order valence-electron chi connectivity index (χ0n) is 32.1. The van der Waals surface area contributed by atoms with E-state index >= 15 is 0 Å². The van der Waals surface area contributed by atoms with Crippen LogP contribution in [-0.2, 0) is 21.3 Å². The molecule has 2 N–H and O–H groups in total. The predicted molar refractivity (Wildman–Crippen MR) is 204 cm³/mol. The van der Waals surface area contributed by atoms with Gasteiger partial charge in [-0.2, -0.15) is 15.2 Å². The van der Waals surface area contributed by atoms with E-state index in [1.54, 1.807) is 7.11 Å². The number of rotatable bonds is 8. The first kappa shape index (κ1) is 37.3. The Morgan fingerprint density at radius 2 is 1.91 bits per heavy atom. The van der Waals surface area contributed by atoms with Crippen molar-refractivity contribution in [3.63, 3.8) is 0 Å². The summed E-state index contributed by atoms with van der Waals surface area (Å²) in [6.07, 6.45) is 6.20. The summed E-state index contributed by atoms with van der Waals surface area (Å²) in [7, 11) is 1.75. The van der Waals surface area contributed by atoms with Gasteiger partial charge in [-0.05, 0) is 86.1 Å². The number of nitriles is 1. The van der Waals surface area contributed by atoms with Crippen molar-refractivity contribution in [1.29, 1.82) is 5.26 Å². The molecule has 1 aliphatic carbocycles. The lowest BCUT2D eigenvalue weighted by molar-refractivity contribution is 0.00589. The van der Waals surface area contributed by atoms with Gasteiger partial charge < -0.3 is 39.3 Å². The molecular formula is C38H54N10O4S. The third kappa shape index (κ3) is 7.55. The number of nitrogen functional groups attached to an aromatic ring is 1. The lowest BCUT2D eigenvalue weighted by Gasteiger charge is -2.54. The van der Waals surface area contributed by atoms with E-state index < -0.39 is 11.0 Å². The minimum atomic E-state index is -0.625. The van der Waals surface area contributed by atoms with Gasteiger partial charge in [0, 0.05) is 87.5 Å². The molecule has 14 nitrogen and oxygen atoms in total.